The van der Waals surface area contributed by atoms with Gasteiger partial charge in [0.15, 0.2) is 0 Å². The van der Waals surface area contributed by atoms with Gasteiger partial charge in [0.2, 0.25) is 11.7 Å². The summed E-state index contributed by atoms with van der Waals surface area (Å²) in [7, 11) is 0. The van der Waals surface area contributed by atoms with E-state index in [9.17, 15) is 19.8 Å². The third kappa shape index (κ3) is 3.00. The number of aromatic hydroxyl groups is 1. The Morgan fingerprint density at radius 1 is 1.27 bits per heavy atom. The highest BCUT2D eigenvalue weighted by atomic mass is 16.4. The number of carboxylic acid groups (broad SMARTS) is 1. The van der Waals surface area contributed by atoms with E-state index in [1.165, 1.54) is 10.9 Å². The summed E-state index contributed by atoms with van der Waals surface area (Å²) in [5, 5.41) is 34.1. The van der Waals surface area contributed by atoms with E-state index in [4.69, 9.17) is 0 Å². The van der Waals surface area contributed by atoms with E-state index >= 15 is 0 Å². The Bertz CT molecular complexity index is 874. The van der Waals surface area contributed by atoms with Crippen LogP contribution in [-0.2, 0) is 9.59 Å². The third-order valence-corrected chi connectivity index (χ3v) is 4.78. The van der Waals surface area contributed by atoms with Crippen LogP contribution in [0, 0.1) is 17.3 Å². The minimum Gasteiger partial charge on any atom is -0.506 e. The van der Waals surface area contributed by atoms with Crippen molar-refractivity contribution in [2.45, 2.75) is 33.7 Å². The van der Waals surface area contributed by atoms with Gasteiger partial charge in [0.1, 0.15) is 5.75 Å². The summed E-state index contributed by atoms with van der Waals surface area (Å²) in [6.07, 6.45) is 0. The second kappa shape index (κ2) is 6.08. The maximum absolute atomic E-state index is 12.5. The Balaban J connectivity index is 1.82. The first-order valence-electron chi connectivity index (χ1n) is 8.29. The van der Waals surface area contributed by atoms with Crippen molar-refractivity contribution in [1.82, 2.24) is 20.2 Å². The molecular weight excluding hydrogens is 338 g/mol. The van der Waals surface area contributed by atoms with Gasteiger partial charge < -0.3 is 15.5 Å². The zero-order chi connectivity index (χ0) is 19.2. The molecule has 0 bridgehead atoms. The number of rotatable bonds is 5. The molecule has 26 heavy (non-hydrogen) atoms. The van der Waals surface area contributed by atoms with E-state index in [0.29, 0.717) is 11.4 Å². The molecule has 0 saturated heterocycles. The van der Waals surface area contributed by atoms with Gasteiger partial charge in [-0.25, -0.2) is 0 Å². The lowest BCUT2D eigenvalue weighted by molar-refractivity contribution is -0.140. The fourth-order valence-electron chi connectivity index (χ4n) is 3.13. The van der Waals surface area contributed by atoms with Crippen LogP contribution in [0.1, 0.15) is 33.7 Å². The molecule has 1 aliphatic rings. The fourth-order valence-corrected chi connectivity index (χ4v) is 3.13. The number of nitrogens with zero attached hydrogens (tertiary/aromatic N) is 4. The number of amides is 1. The van der Waals surface area contributed by atoms with Gasteiger partial charge in [-0.2, -0.15) is 4.80 Å². The second-order valence-corrected chi connectivity index (χ2v) is 7.36. The smallest absolute Gasteiger partial charge is 0.307 e. The minimum absolute atomic E-state index is 0.0533. The van der Waals surface area contributed by atoms with Gasteiger partial charge in [-0.15, -0.1) is 10.2 Å². The van der Waals surface area contributed by atoms with Crippen LogP contribution in [0.25, 0.3) is 11.4 Å². The molecule has 2 aromatic rings. The number of nitrogens with one attached hydrogen (secondary N) is 1. The molecule has 1 heterocycles. The van der Waals surface area contributed by atoms with E-state index in [1.807, 2.05) is 13.8 Å². The molecule has 1 aromatic heterocycles. The SMILES string of the molecule is CC(C)n1nnc(-c2ccc(O)c(NC(=O)[C@@H]3[C@@H](C(=O)O)C3(C)C)c2)n1. The first-order valence-corrected chi connectivity index (χ1v) is 8.29. The molecule has 3 N–H and O–H groups in total. The highest BCUT2D eigenvalue weighted by Crippen LogP contribution is 2.58. The van der Waals surface area contributed by atoms with E-state index in [1.54, 1.807) is 26.0 Å². The first kappa shape index (κ1) is 17.8. The van der Waals surface area contributed by atoms with Crippen molar-refractivity contribution in [1.29, 1.82) is 0 Å². The zero-order valence-corrected chi connectivity index (χ0v) is 15.0. The Morgan fingerprint density at radius 2 is 1.96 bits per heavy atom. The van der Waals surface area contributed by atoms with Crippen molar-refractivity contribution in [3.8, 4) is 17.1 Å². The molecule has 9 nitrogen and oxygen atoms in total. The van der Waals surface area contributed by atoms with Crippen molar-refractivity contribution < 1.29 is 19.8 Å². The summed E-state index contributed by atoms with van der Waals surface area (Å²) in [6, 6.07) is 4.64. The molecule has 3 rings (SSSR count). The molecule has 0 aliphatic heterocycles. The number of carboxylic acids is 1. The van der Waals surface area contributed by atoms with Gasteiger partial charge in [0.25, 0.3) is 0 Å². The van der Waals surface area contributed by atoms with E-state index in [0.717, 1.165) is 0 Å². The first-order chi connectivity index (χ1) is 12.1. The summed E-state index contributed by atoms with van der Waals surface area (Å²) >= 11 is 0. The predicted octanol–water partition coefficient (Wildman–Crippen LogP) is 1.92. The quantitative estimate of drug-likeness (QED) is 0.695. The van der Waals surface area contributed by atoms with E-state index < -0.39 is 29.1 Å². The van der Waals surface area contributed by atoms with Crippen molar-refractivity contribution in [2.24, 2.45) is 17.3 Å². The van der Waals surface area contributed by atoms with Gasteiger partial charge in [-0.3, -0.25) is 9.59 Å². The molecule has 0 radical (unpaired) electrons. The van der Waals surface area contributed by atoms with Crippen LogP contribution in [0.2, 0.25) is 0 Å². The number of aliphatic carboxylic acids is 1. The van der Waals surface area contributed by atoms with Crippen molar-refractivity contribution in [3.63, 3.8) is 0 Å². The standard InChI is InChI=1S/C17H21N5O4/c1-8(2)22-20-14(19-21-22)9-5-6-11(23)10(7-9)18-15(24)12-13(16(25)26)17(12,3)4/h5-8,12-13,23H,1-4H3,(H,18,24)(H,25,26)/t12-,13-/m0/s1. The Labute approximate surface area is 150 Å². The molecule has 1 aliphatic carbocycles. The van der Waals surface area contributed by atoms with Crippen LogP contribution in [0.3, 0.4) is 0 Å². The van der Waals surface area contributed by atoms with Gasteiger partial charge >= 0.3 is 5.97 Å². The molecule has 1 fully saturated rings. The predicted molar refractivity (Wildman–Crippen MR) is 92.3 cm³/mol. The van der Waals surface area contributed by atoms with E-state index in [-0.39, 0.29) is 17.5 Å². The molecule has 2 atom stereocenters. The summed E-state index contributed by atoms with van der Waals surface area (Å²) in [4.78, 5) is 25.2. The number of hydrogen-bond donors (Lipinski definition) is 3. The molecule has 0 spiro atoms. The summed E-state index contributed by atoms with van der Waals surface area (Å²) in [5.41, 5.74) is 0.139. The fraction of sp³-hybridized carbons (Fsp3) is 0.471. The Morgan fingerprint density at radius 3 is 2.50 bits per heavy atom. The summed E-state index contributed by atoms with van der Waals surface area (Å²) in [5.74, 6) is -2.58. The maximum Gasteiger partial charge on any atom is 0.307 e. The van der Waals surface area contributed by atoms with Crippen LogP contribution in [0.5, 0.6) is 5.75 Å². The number of anilines is 1. The van der Waals surface area contributed by atoms with Crippen molar-refractivity contribution in [2.75, 3.05) is 5.32 Å². The molecule has 138 valence electrons. The summed E-state index contributed by atoms with van der Waals surface area (Å²) in [6.45, 7) is 7.31. The zero-order valence-electron chi connectivity index (χ0n) is 15.0. The minimum atomic E-state index is -0.998. The topological polar surface area (TPSA) is 130 Å². The molecule has 1 aromatic carbocycles. The molecular formula is C17H21N5O4. The molecule has 1 saturated carbocycles. The number of aromatic nitrogens is 4. The Hall–Kier alpha value is -2.97. The Kier molecular flexibility index (Phi) is 4.17. The van der Waals surface area contributed by atoms with Crippen LogP contribution >= 0.6 is 0 Å². The monoisotopic (exact) mass is 359 g/mol. The van der Waals surface area contributed by atoms with Crippen LogP contribution in [0.15, 0.2) is 18.2 Å². The number of phenols is 1. The second-order valence-electron chi connectivity index (χ2n) is 7.36. The van der Waals surface area contributed by atoms with Gasteiger partial charge in [0, 0.05) is 5.56 Å². The van der Waals surface area contributed by atoms with Crippen molar-refractivity contribution in [3.05, 3.63) is 18.2 Å². The van der Waals surface area contributed by atoms with Crippen LogP contribution < -0.4 is 5.32 Å². The van der Waals surface area contributed by atoms with Crippen LogP contribution in [0.4, 0.5) is 5.69 Å². The average molecular weight is 359 g/mol. The van der Waals surface area contributed by atoms with E-state index in [2.05, 4.69) is 20.7 Å². The highest BCUT2D eigenvalue weighted by Gasteiger charge is 2.65. The lowest BCUT2D eigenvalue weighted by Crippen LogP contribution is -2.17. The lowest BCUT2D eigenvalue weighted by Gasteiger charge is -2.09. The largest absolute Gasteiger partial charge is 0.506 e. The third-order valence-electron chi connectivity index (χ3n) is 4.78. The molecule has 1 amide bonds. The number of tetrazole rings is 1. The molecule has 9 heteroatoms. The van der Waals surface area contributed by atoms with Gasteiger partial charge in [-0.1, -0.05) is 13.8 Å². The molecule has 0 unspecified atom stereocenters. The van der Waals surface area contributed by atoms with Crippen molar-refractivity contribution >= 4 is 17.6 Å². The number of carbonyl (C=O) groups excluding carboxylic acids is 1. The van der Waals surface area contributed by atoms with Crippen LogP contribution in [-0.4, -0.2) is 42.3 Å². The number of hydrogen-bond acceptors (Lipinski definition) is 6. The van der Waals surface area contributed by atoms with Gasteiger partial charge in [-0.05, 0) is 42.7 Å². The number of benzene rings is 1. The number of phenolic OH excluding ortho intramolecular Hbond substituents is 1. The highest BCUT2D eigenvalue weighted by molar-refractivity contribution is 6.00. The lowest BCUT2D eigenvalue weighted by atomic mass is 10.1. The summed E-state index contributed by atoms with van der Waals surface area (Å²) < 4.78 is 0. The average Bonchev–Trinajstić information content (AvgIpc) is 2.92. The maximum atomic E-state index is 12.5. The number of carbonyl (C=O) groups is 2. The van der Waals surface area contributed by atoms with Gasteiger partial charge in [0.05, 0.1) is 23.6 Å². The normalized spacial score (nSPS) is 20.8.